The average molecular weight is 322 g/mol. The fourth-order valence-corrected chi connectivity index (χ4v) is 2.62. The Hall–Kier alpha value is -2.62. The molecule has 1 atom stereocenters. The molecule has 0 aromatic heterocycles. The number of nitrogens with one attached hydrogen (secondary N) is 1. The van der Waals surface area contributed by atoms with Gasteiger partial charge in [0.15, 0.2) is 0 Å². The van der Waals surface area contributed by atoms with Gasteiger partial charge in [0.05, 0.1) is 6.04 Å². The summed E-state index contributed by atoms with van der Waals surface area (Å²) in [7, 11) is 1.81. The number of amides is 2. The van der Waals surface area contributed by atoms with E-state index in [1.54, 1.807) is 29.2 Å². The molecule has 1 saturated carbocycles. The van der Waals surface area contributed by atoms with Crippen molar-refractivity contribution in [1.29, 1.82) is 0 Å². The van der Waals surface area contributed by atoms with Crippen molar-refractivity contribution in [3.63, 3.8) is 0 Å². The van der Waals surface area contributed by atoms with Crippen molar-refractivity contribution >= 4 is 17.5 Å². The molecule has 1 aliphatic rings. The zero-order valence-electron chi connectivity index (χ0n) is 14.0. The van der Waals surface area contributed by atoms with Crippen LogP contribution in [0.5, 0.6) is 0 Å². The third kappa shape index (κ3) is 3.65. The molecule has 1 N–H and O–H groups in total. The largest absolute Gasteiger partial charge is 0.335 e. The van der Waals surface area contributed by atoms with Crippen molar-refractivity contribution in [1.82, 2.24) is 4.90 Å². The standard InChI is InChI=1S/C20H22N2O2/c1-14(15-6-4-3-5-7-15)22(2)20(24)17-10-12-18(13-11-17)21-19(23)16-8-9-16/h3-7,10-14,16H,8-9H2,1-2H3,(H,21,23)/t14-/m1/s1. The lowest BCUT2D eigenvalue weighted by molar-refractivity contribution is -0.117. The van der Waals surface area contributed by atoms with Gasteiger partial charge in [-0.2, -0.15) is 0 Å². The van der Waals surface area contributed by atoms with E-state index >= 15 is 0 Å². The Morgan fingerprint density at radius 2 is 1.67 bits per heavy atom. The molecule has 2 aromatic rings. The van der Waals surface area contributed by atoms with Crippen LogP contribution in [0, 0.1) is 5.92 Å². The molecule has 0 spiro atoms. The first kappa shape index (κ1) is 16.2. The van der Waals surface area contributed by atoms with Crippen molar-refractivity contribution < 1.29 is 9.59 Å². The number of hydrogen-bond acceptors (Lipinski definition) is 2. The molecule has 124 valence electrons. The Labute approximate surface area is 142 Å². The van der Waals surface area contributed by atoms with Crippen molar-refractivity contribution in [2.75, 3.05) is 12.4 Å². The molecule has 3 rings (SSSR count). The summed E-state index contributed by atoms with van der Waals surface area (Å²) in [6.07, 6.45) is 1.95. The van der Waals surface area contributed by atoms with Crippen LogP contribution in [0.2, 0.25) is 0 Å². The zero-order valence-corrected chi connectivity index (χ0v) is 14.0. The van der Waals surface area contributed by atoms with Crippen molar-refractivity contribution in [2.24, 2.45) is 5.92 Å². The first-order valence-corrected chi connectivity index (χ1v) is 8.29. The van der Waals surface area contributed by atoms with Gasteiger partial charge >= 0.3 is 0 Å². The van der Waals surface area contributed by atoms with Crippen LogP contribution >= 0.6 is 0 Å². The molecule has 2 amide bonds. The SMILES string of the molecule is C[C@H](c1ccccc1)N(C)C(=O)c1ccc(NC(=O)C2CC2)cc1. The summed E-state index contributed by atoms with van der Waals surface area (Å²) in [5.74, 6) is 0.208. The van der Waals surface area contributed by atoms with Crippen LogP contribution < -0.4 is 5.32 Å². The van der Waals surface area contributed by atoms with Crippen molar-refractivity contribution in [2.45, 2.75) is 25.8 Å². The summed E-state index contributed by atoms with van der Waals surface area (Å²) in [4.78, 5) is 26.1. The van der Waals surface area contributed by atoms with Crippen LogP contribution in [0.4, 0.5) is 5.69 Å². The fourth-order valence-electron chi connectivity index (χ4n) is 2.62. The van der Waals surface area contributed by atoms with E-state index in [9.17, 15) is 9.59 Å². The zero-order chi connectivity index (χ0) is 17.1. The number of benzene rings is 2. The highest BCUT2D eigenvalue weighted by Crippen LogP contribution is 2.30. The maximum atomic E-state index is 12.6. The predicted octanol–water partition coefficient (Wildman–Crippen LogP) is 3.87. The minimum absolute atomic E-state index is 0.00653. The molecule has 1 aliphatic carbocycles. The normalized spacial score (nSPS) is 14.8. The molecule has 0 unspecified atom stereocenters. The number of anilines is 1. The smallest absolute Gasteiger partial charge is 0.254 e. The third-order valence-corrected chi connectivity index (χ3v) is 4.53. The molecule has 0 radical (unpaired) electrons. The van der Waals surface area contributed by atoms with Gasteiger partial charge in [0.2, 0.25) is 5.91 Å². The first-order chi connectivity index (χ1) is 11.6. The Balaban J connectivity index is 1.66. The minimum Gasteiger partial charge on any atom is -0.335 e. The lowest BCUT2D eigenvalue weighted by Gasteiger charge is -2.25. The lowest BCUT2D eigenvalue weighted by atomic mass is 10.1. The first-order valence-electron chi connectivity index (χ1n) is 8.29. The second-order valence-corrected chi connectivity index (χ2v) is 6.34. The van der Waals surface area contributed by atoms with Gasteiger partial charge in [0, 0.05) is 24.2 Å². The van der Waals surface area contributed by atoms with E-state index in [4.69, 9.17) is 0 Å². The molecule has 0 aliphatic heterocycles. The van der Waals surface area contributed by atoms with Crippen molar-refractivity contribution in [3.05, 3.63) is 65.7 Å². The highest BCUT2D eigenvalue weighted by Gasteiger charge is 2.29. The summed E-state index contributed by atoms with van der Waals surface area (Å²) >= 11 is 0. The minimum atomic E-state index is -0.0357. The van der Waals surface area contributed by atoms with Gasteiger partial charge in [-0.1, -0.05) is 30.3 Å². The van der Waals surface area contributed by atoms with Crippen LogP contribution in [0.3, 0.4) is 0 Å². The quantitative estimate of drug-likeness (QED) is 0.908. The summed E-state index contributed by atoms with van der Waals surface area (Å²) < 4.78 is 0. The summed E-state index contributed by atoms with van der Waals surface area (Å²) in [5, 5.41) is 2.88. The highest BCUT2D eigenvalue weighted by molar-refractivity contribution is 5.96. The number of carbonyl (C=O) groups is 2. The fraction of sp³-hybridized carbons (Fsp3) is 0.300. The molecular formula is C20H22N2O2. The number of rotatable bonds is 5. The van der Waals surface area contributed by atoms with E-state index in [0.717, 1.165) is 24.1 Å². The van der Waals surface area contributed by atoms with E-state index in [0.29, 0.717) is 5.56 Å². The van der Waals surface area contributed by atoms with E-state index in [-0.39, 0.29) is 23.8 Å². The Morgan fingerprint density at radius 3 is 2.25 bits per heavy atom. The molecule has 24 heavy (non-hydrogen) atoms. The van der Waals surface area contributed by atoms with Gasteiger partial charge in [-0.15, -0.1) is 0 Å². The van der Waals surface area contributed by atoms with Crippen molar-refractivity contribution in [3.8, 4) is 0 Å². The molecule has 0 saturated heterocycles. The van der Waals surface area contributed by atoms with E-state index in [2.05, 4.69) is 5.32 Å². The van der Waals surface area contributed by atoms with E-state index in [1.807, 2.05) is 44.3 Å². The van der Waals surface area contributed by atoms with Gasteiger partial charge in [-0.05, 0) is 49.6 Å². The van der Waals surface area contributed by atoms with Gasteiger partial charge in [0.25, 0.3) is 5.91 Å². The highest BCUT2D eigenvalue weighted by atomic mass is 16.2. The number of hydrogen-bond donors (Lipinski definition) is 1. The monoisotopic (exact) mass is 322 g/mol. The predicted molar refractivity (Wildman–Crippen MR) is 94.7 cm³/mol. The molecule has 4 heteroatoms. The average Bonchev–Trinajstić information content (AvgIpc) is 3.46. The molecule has 4 nitrogen and oxygen atoms in total. The second kappa shape index (κ2) is 6.87. The third-order valence-electron chi connectivity index (χ3n) is 4.53. The van der Waals surface area contributed by atoms with Crippen LogP contribution in [-0.2, 0) is 4.79 Å². The van der Waals surface area contributed by atoms with Gasteiger partial charge in [-0.3, -0.25) is 9.59 Å². The van der Waals surface area contributed by atoms with Gasteiger partial charge in [0.1, 0.15) is 0 Å². The van der Waals surface area contributed by atoms with E-state index in [1.165, 1.54) is 0 Å². The summed E-state index contributed by atoms with van der Waals surface area (Å²) in [6.45, 7) is 2.01. The van der Waals surface area contributed by atoms with Crippen LogP contribution in [-0.4, -0.2) is 23.8 Å². The van der Waals surface area contributed by atoms with Gasteiger partial charge < -0.3 is 10.2 Å². The maximum absolute atomic E-state index is 12.6. The topological polar surface area (TPSA) is 49.4 Å². The lowest BCUT2D eigenvalue weighted by Crippen LogP contribution is -2.29. The maximum Gasteiger partial charge on any atom is 0.254 e. The number of nitrogens with zero attached hydrogens (tertiary/aromatic N) is 1. The van der Waals surface area contributed by atoms with E-state index < -0.39 is 0 Å². The molecule has 1 fully saturated rings. The van der Waals surface area contributed by atoms with Crippen LogP contribution in [0.25, 0.3) is 0 Å². The molecule has 2 aromatic carbocycles. The molecular weight excluding hydrogens is 300 g/mol. The Kier molecular flexibility index (Phi) is 4.65. The summed E-state index contributed by atoms with van der Waals surface area (Å²) in [6, 6.07) is 17.0. The molecule has 0 bridgehead atoms. The second-order valence-electron chi connectivity index (χ2n) is 6.34. The number of carbonyl (C=O) groups excluding carboxylic acids is 2. The van der Waals surface area contributed by atoms with Crippen LogP contribution in [0.1, 0.15) is 41.7 Å². The Bertz CT molecular complexity index is 721. The molecule has 0 heterocycles. The van der Waals surface area contributed by atoms with Crippen LogP contribution in [0.15, 0.2) is 54.6 Å². The van der Waals surface area contributed by atoms with Gasteiger partial charge in [-0.25, -0.2) is 0 Å². The summed E-state index contributed by atoms with van der Waals surface area (Å²) in [5.41, 5.74) is 2.45. The Morgan fingerprint density at radius 1 is 1.04 bits per heavy atom.